The highest BCUT2D eigenvalue weighted by Gasteiger charge is 2.15. The van der Waals surface area contributed by atoms with Gasteiger partial charge in [0.1, 0.15) is 5.56 Å². The second-order valence-electron chi connectivity index (χ2n) is 4.91. The van der Waals surface area contributed by atoms with Crippen LogP contribution in [0.1, 0.15) is 16.2 Å². The first-order valence-electron chi connectivity index (χ1n) is 7.00. The highest BCUT2D eigenvalue weighted by molar-refractivity contribution is 5.95. The SMILES string of the molecule is COC(=O)c1cccn2nc(CCN3CCOCC3)nc12. The molecule has 1 aliphatic heterocycles. The molecule has 0 bridgehead atoms. The molecule has 1 fully saturated rings. The molecule has 2 aromatic heterocycles. The van der Waals surface area contributed by atoms with Crippen LogP contribution in [0.5, 0.6) is 0 Å². The number of esters is 1. The van der Waals surface area contributed by atoms with Gasteiger partial charge in [-0.05, 0) is 12.1 Å². The van der Waals surface area contributed by atoms with E-state index in [0.717, 1.165) is 45.1 Å². The second kappa shape index (κ2) is 6.19. The highest BCUT2D eigenvalue weighted by atomic mass is 16.5. The molecule has 0 saturated carbocycles. The van der Waals surface area contributed by atoms with E-state index in [9.17, 15) is 4.79 Å². The quantitative estimate of drug-likeness (QED) is 0.759. The third-order valence-electron chi connectivity index (χ3n) is 3.57. The van der Waals surface area contributed by atoms with Crippen molar-refractivity contribution in [2.24, 2.45) is 0 Å². The number of hydrogen-bond acceptors (Lipinski definition) is 6. The van der Waals surface area contributed by atoms with Gasteiger partial charge in [0.2, 0.25) is 0 Å². The van der Waals surface area contributed by atoms with Gasteiger partial charge in [-0.15, -0.1) is 0 Å². The molecule has 2 aromatic rings. The molecule has 1 saturated heterocycles. The van der Waals surface area contributed by atoms with Gasteiger partial charge < -0.3 is 9.47 Å². The molecule has 0 amide bonds. The average molecular weight is 290 g/mol. The van der Waals surface area contributed by atoms with Crippen LogP contribution in [0.25, 0.3) is 5.65 Å². The number of rotatable bonds is 4. The van der Waals surface area contributed by atoms with Crippen LogP contribution in [0.15, 0.2) is 18.3 Å². The zero-order valence-electron chi connectivity index (χ0n) is 12.0. The van der Waals surface area contributed by atoms with E-state index in [1.54, 1.807) is 22.8 Å². The van der Waals surface area contributed by atoms with Gasteiger partial charge in [-0.2, -0.15) is 5.10 Å². The molecule has 1 aliphatic rings. The molecular formula is C14H18N4O3. The average Bonchev–Trinajstić information content (AvgIpc) is 2.96. The second-order valence-corrected chi connectivity index (χ2v) is 4.91. The summed E-state index contributed by atoms with van der Waals surface area (Å²) in [5.74, 6) is 0.338. The minimum atomic E-state index is -0.396. The molecule has 21 heavy (non-hydrogen) atoms. The molecule has 112 valence electrons. The smallest absolute Gasteiger partial charge is 0.341 e. The maximum atomic E-state index is 11.7. The zero-order valence-corrected chi connectivity index (χ0v) is 12.0. The third kappa shape index (κ3) is 3.03. The van der Waals surface area contributed by atoms with Crippen LogP contribution in [0.2, 0.25) is 0 Å². The summed E-state index contributed by atoms with van der Waals surface area (Å²) < 4.78 is 11.7. The van der Waals surface area contributed by atoms with Gasteiger partial charge in [-0.25, -0.2) is 14.3 Å². The van der Waals surface area contributed by atoms with Crippen molar-refractivity contribution in [1.29, 1.82) is 0 Å². The van der Waals surface area contributed by atoms with Crippen LogP contribution in [-0.4, -0.2) is 65.4 Å². The fraction of sp³-hybridized carbons (Fsp3) is 0.500. The number of aromatic nitrogens is 3. The van der Waals surface area contributed by atoms with Crippen molar-refractivity contribution < 1.29 is 14.3 Å². The molecular weight excluding hydrogens is 272 g/mol. The lowest BCUT2D eigenvalue weighted by atomic mass is 10.3. The van der Waals surface area contributed by atoms with E-state index < -0.39 is 5.97 Å². The number of carbonyl (C=O) groups excluding carboxylic acids is 1. The summed E-state index contributed by atoms with van der Waals surface area (Å²) in [4.78, 5) is 18.5. The van der Waals surface area contributed by atoms with E-state index in [4.69, 9.17) is 9.47 Å². The monoisotopic (exact) mass is 290 g/mol. The van der Waals surface area contributed by atoms with Crippen LogP contribution in [0.3, 0.4) is 0 Å². The molecule has 7 heteroatoms. The third-order valence-corrected chi connectivity index (χ3v) is 3.57. The molecule has 3 heterocycles. The number of fused-ring (bicyclic) bond motifs is 1. The molecule has 0 unspecified atom stereocenters. The van der Waals surface area contributed by atoms with Crippen molar-refractivity contribution in [2.75, 3.05) is 40.0 Å². The number of carbonyl (C=O) groups is 1. The summed E-state index contributed by atoms with van der Waals surface area (Å²) in [6.45, 7) is 4.35. The number of nitrogens with zero attached hydrogens (tertiary/aromatic N) is 4. The van der Waals surface area contributed by atoms with E-state index >= 15 is 0 Å². The van der Waals surface area contributed by atoms with Gasteiger partial charge in [0.15, 0.2) is 11.5 Å². The summed E-state index contributed by atoms with van der Waals surface area (Å²) in [5, 5.41) is 4.41. The lowest BCUT2D eigenvalue weighted by Gasteiger charge is -2.25. The Kier molecular flexibility index (Phi) is 4.12. The predicted octanol–water partition coefficient (Wildman–Crippen LogP) is 0.391. The van der Waals surface area contributed by atoms with Crippen LogP contribution >= 0.6 is 0 Å². The van der Waals surface area contributed by atoms with Gasteiger partial charge in [-0.3, -0.25) is 4.90 Å². The lowest BCUT2D eigenvalue weighted by Crippen LogP contribution is -2.37. The Morgan fingerprint density at radius 1 is 1.43 bits per heavy atom. The number of hydrogen-bond donors (Lipinski definition) is 0. The molecule has 0 radical (unpaired) electrons. The Hall–Kier alpha value is -1.99. The summed E-state index contributed by atoms with van der Waals surface area (Å²) in [7, 11) is 1.36. The fourth-order valence-electron chi connectivity index (χ4n) is 2.41. The highest BCUT2D eigenvalue weighted by Crippen LogP contribution is 2.11. The molecule has 0 N–H and O–H groups in total. The molecule has 7 nitrogen and oxygen atoms in total. The number of morpholine rings is 1. The van der Waals surface area contributed by atoms with Crippen LogP contribution < -0.4 is 0 Å². The van der Waals surface area contributed by atoms with Crippen LogP contribution in [0, 0.1) is 0 Å². The maximum Gasteiger partial charge on any atom is 0.341 e. The van der Waals surface area contributed by atoms with Crippen molar-refractivity contribution in [3.8, 4) is 0 Å². The Morgan fingerprint density at radius 3 is 3.00 bits per heavy atom. The van der Waals surface area contributed by atoms with Gasteiger partial charge in [0, 0.05) is 32.3 Å². The number of methoxy groups -OCH3 is 1. The first-order chi connectivity index (χ1) is 10.3. The molecule has 0 aliphatic carbocycles. The molecule has 0 spiro atoms. The Labute approximate surface area is 122 Å². The van der Waals surface area contributed by atoms with Crippen molar-refractivity contribution in [3.05, 3.63) is 29.7 Å². The Balaban J connectivity index is 1.76. The van der Waals surface area contributed by atoms with Crippen molar-refractivity contribution in [2.45, 2.75) is 6.42 Å². The Morgan fingerprint density at radius 2 is 2.24 bits per heavy atom. The largest absolute Gasteiger partial charge is 0.465 e. The number of ether oxygens (including phenoxy) is 2. The van der Waals surface area contributed by atoms with Crippen molar-refractivity contribution in [1.82, 2.24) is 19.5 Å². The molecule has 0 aromatic carbocycles. The zero-order chi connectivity index (χ0) is 14.7. The fourth-order valence-corrected chi connectivity index (χ4v) is 2.41. The summed E-state index contributed by atoms with van der Waals surface area (Å²) in [5.41, 5.74) is 0.978. The summed E-state index contributed by atoms with van der Waals surface area (Å²) in [6.07, 6.45) is 2.54. The van der Waals surface area contributed by atoms with E-state index in [2.05, 4.69) is 15.0 Å². The normalized spacial score (nSPS) is 16.2. The summed E-state index contributed by atoms with van der Waals surface area (Å²) >= 11 is 0. The predicted molar refractivity (Wildman–Crippen MR) is 75.3 cm³/mol. The van der Waals surface area contributed by atoms with Gasteiger partial charge in [0.05, 0.1) is 20.3 Å². The van der Waals surface area contributed by atoms with Gasteiger partial charge in [0.25, 0.3) is 0 Å². The van der Waals surface area contributed by atoms with E-state index in [1.165, 1.54) is 7.11 Å². The lowest BCUT2D eigenvalue weighted by molar-refractivity contribution is 0.0382. The minimum absolute atomic E-state index is 0.396. The van der Waals surface area contributed by atoms with Gasteiger partial charge in [-0.1, -0.05) is 0 Å². The van der Waals surface area contributed by atoms with Crippen molar-refractivity contribution in [3.63, 3.8) is 0 Å². The molecule has 0 atom stereocenters. The van der Waals surface area contributed by atoms with Crippen LogP contribution in [0.4, 0.5) is 0 Å². The topological polar surface area (TPSA) is 69.0 Å². The summed E-state index contributed by atoms with van der Waals surface area (Å²) in [6, 6.07) is 3.46. The van der Waals surface area contributed by atoms with E-state index in [-0.39, 0.29) is 0 Å². The van der Waals surface area contributed by atoms with Crippen molar-refractivity contribution >= 4 is 11.6 Å². The first kappa shape index (κ1) is 14.0. The standard InChI is InChI=1S/C14H18N4O3/c1-20-14(19)11-3-2-5-18-13(11)15-12(16-18)4-6-17-7-9-21-10-8-17/h2-3,5H,4,6-10H2,1H3. The maximum absolute atomic E-state index is 11.7. The van der Waals surface area contributed by atoms with Gasteiger partial charge >= 0.3 is 5.97 Å². The molecule has 3 rings (SSSR count). The van der Waals surface area contributed by atoms with E-state index in [1.807, 2.05) is 0 Å². The Bertz CT molecular complexity index is 634. The first-order valence-corrected chi connectivity index (χ1v) is 7.00. The minimum Gasteiger partial charge on any atom is -0.465 e. The van der Waals surface area contributed by atoms with E-state index in [0.29, 0.717) is 11.2 Å². The van der Waals surface area contributed by atoms with Crippen LogP contribution in [-0.2, 0) is 15.9 Å². The number of pyridine rings is 1.